The quantitative estimate of drug-likeness (QED) is 0.909. The molecule has 2 heterocycles. The van der Waals surface area contributed by atoms with Gasteiger partial charge in [0.15, 0.2) is 11.5 Å². The van der Waals surface area contributed by atoms with Gasteiger partial charge in [0, 0.05) is 23.4 Å². The van der Waals surface area contributed by atoms with Crippen LogP contribution in [0.25, 0.3) is 11.1 Å². The van der Waals surface area contributed by atoms with Crippen LogP contribution in [0, 0.1) is 0 Å². The number of nitrogens with one attached hydrogen (secondary N) is 1. The molecule has 0 spiro atoms. The third-order valence-electron chi connectivity index (χ3n) is 3.43. The lowest BCUT2D eigenvalue weighted by molar-refractivity contribution is 0.501. The summed E-state index contributed by atoms with van der Waals surface area (Å²) in [6, 6.07) is 6.81. The van der Waals surface area contributed by atoms with E-state index in [0.29, 0.717) is 12.0 Å². The van der Waals surface area contributed by atoms with Crippen LogP contribution in [0.1, 0.15) is 38.5 Å². The highest BCUT2D eigenvalue weighted by Gasteiger charge is 2.14. The molecule has 1 N–H and O–H groups in total. The molecule has 2 aromatic rings. The number of hydrogen-bond acceptors (Lipinski definition) is 4. The number of oxazole rings is 1. The van der Waals surface area contributed by atoms with Gasteiger partial charge in [-0.15, -0.1) is 0 Å². The van der Waals surface area contributed by atoms with E-state index in [0.717, 1.165) is 22.7 Å². The molecule has 1 aromatic heterocycles. The van der Waals surface area contributed by atoms with Crippen LogP contribution >= 0.6 is 11.8 Å². The molecule has 0 aliphatic carbocycles. The van der Waals surface area contributed by atoms with E-state index in [2.05, 4.69) is 36.3 Å². The molecule has 0 radical (unpaired) electrons. The summed E-state index contributed by atoms with van der Waals surface area (Å²) in [5, 5.41) is 3.61. The molecule has 1 aliphatic heterocycles. The molecule has 1 saturated heterocycles. The Labute approximate surface area is 118 Å². The van der Waals surface area contributed by atoms with Gasteiger partial charge in [-0.1, -0.05) is 13.8 Å². The molecule has 102 valence electrons. The molecular weight excluding hydrogens is 256 g/mol. The van der Waals surface area contributed by atoms with Crippen molar-refractivity contribution in [3.63, 3.8) is 0 Å². The maximum Gasteiger partial charge on any atom is 0.198 e. The Balaban J connectivity index is 1.80. The minimum atomic E-state index is 0.332. The maximum atomic E-state index is 5.73. The summed E-state index contributed by atoms with van der Waals surface area (Å²) in [5.74, 6) is 3.66. The number of aromatic nitrogens is 1. The number of nitrogens with zero attached hydrogens (tertiary/aromatic N) is 1. The fourth-order valence-corrected chi connectivity index (χ4v) is 3.44. The van der Waals surface area contributed by atoms with Crippen molar-refractivity contribution in [1.29, 1.82) is 0 Å². The molecule has 1 aliphatic rings. The first-order valence-corrected chi connectivity index (χ1v) is 8.12. The summed E-state index contributed by atoms with van der Waals surface area (Å²) < 4.78 is 5.73. The van der Waals surface area contributed by atoms with Gasteiger partial charge < -0.3 is 9.73 Å². The second-order valence-electron chi connectivity index (χ2n) is 5.45. The van der Waals surface area contributed by atoms with Gasteiger partial charge in [0.1, 0.15) is 5.52 Å². The van der Waals surface area contributed by atoms with Gasteiger partial charge in [0.25, 0.3) is 0 Å². The van der Waals surface area contributed by atoms with Crippen molar-refractivity contribution < 1.29 is 4.42 Å². The fraction of sp³-hybridized carbons (Fsp3) is 0.533. The predicted molar refractivity (Wildman–Crippen MR) is 82.1 cm³/mol. The van der Waals surface area contributed by atoms with Gasteiger partial charge in [-0.05, 0) is 36.8 Å². The molecule has 1 atom stereocenters. The minimum absolute atomic E-state index is 0.332. The zero-order valence-electron chi connectivity index (χ0n) is 11.5. The average molecular weight is 276 g/mol. The fourth-order valence-electron chi connectivity index (χ4n) is 2.37. The monoisotopic (exact) mass is 276 g/mol. The first-order valence-electron chi connectivity index (χ1n) is 6.97. The van der Waals surface area contributed by atoms with Crippen molar-refractivity contribution in [2.75, 3.05) is 16.8 Å². The zero-order valence-corrected chi connectivity index (χ0v) is 12.3. The van der Waals surface area contributed by atoms with Crippen molar-refractivity contribution in [3.05, 3.63) is 24.1 Å². The van der Waals surface area contributed by atoms with Crippen LogP contribution in [0.4, 0.5) is 5.69 Å². The van der Waals surface area contributed by atoms with E-state index >= 15 is 0 Å². The second kappa shape index (κ2) is 5.45. The Kier molecular flexibility index (Phi) is 3.69. The van der Waals surface area contributed by atoms with E-state index < -0.39 is 0 Å². The van der Waals surface area contributed by atoms with E-state index in [-0.39, 0.29) is 0 Å². The Bertz CT molecular complexity index is 558. The number of hydrogen-bond donors (Lipinski definition) is 1. The lowest BCUT2D eigenvalue weighted by Crippen LogP contribution is -2.25. The normalized spacial score (nSPS) is 20.1. The van der Waals surface area contributed by atoms with Gasteiger partial charge in [-0.3, -0.25) is 0 Å². The Morgan fingerprint density at radius 1 is 1.42 bits per heavy atom. The van der Waals surface area contributed by atoms with Gasteiger partial charge in [0.2, 0.25) is 0 Å². The summed E-state index contributed by atoms with van der Waals surface area (Å²) in [5.41, 5.74) is 2.99. The minimum Gasteiger partial charge on any atom is -0.440 e. The second-order valence-corrected chi connectivity index (χ2v) is 6.60. The molecule has 1 unspecified atom stereocenters. The van der Waals surface area contributed by atoms with Gasteiger partial charge in [-0.2, -0.15) is 11.8 Å². The SMILES string of the molecule is CC(C)c1nc2cc(NC3CCCSC3)ccc2o1. The summed E-state index contributed by atoms with van der Waals surface area (Å²) in [6.45, 7) is 4.20. The van der Waals surface area contributed by atoms with Crippen LogP contribution in [0.2, 0.25) is 0 Å². The van der Waals surface area contributed by atoms with Crippen LogP contribution in [-0.2, 0) is 0 Å². The lowest BCUT2D eigenvalue weighted by atomic mass is 10.1. The smallest absolute Gasteiger partial charge is 0.198 e. The molecule has 3 rings (SSSR count). The summed E-state index contributed by atoms with van der Waals surface area (Å²) >= 11 is 2.04. The highest BCUT2D eigenvalue weighted by atomic mass is 32.2. The number of rotatable bonds is 3. The predicted octanol–water partition coefficient (Wildman–Crippen LogP) is 4.26. The van der Waals surface area contributed by atoms with Gasteiger partial charge in [0.05, 0.1) is 0 Å². The van der Waals surface area contributed by atoms with E-state index in [1.54, 1.807) is 0 Å². The zero-order chi connectivity index (χ0) is 13.2. The topological polar surface area (TPSA) is 38.1 Å². The number of benzene rings is 1. The third kappa shape index (κ3) is 2.89. The molecule has 1 fully saturated rings. The molecule has 19 heavy (non-hydrogen) atoms. The lowest BCUT2D eigenvalue weighted by Gasteiger charge is -2.23. The van der Waals surface area contributed by atoms with Gasteiger partial charge in [-0.25, -0.2) is 4.98 Å². The highest BCUT2D eigenvalue weighted by Crippen LogP contribution is 2.26. The third-order valence-corrected chi connectivity index (χ3v) is 4.64. The van der Waals surface area contributed by atoms with Gasteiger partial charge >= 0.3 is 0 Å². The van der Waals surface area contributed by atoms with Crippen molar-refractivity contribution in [2.24, 2.45) is 0 Å². The van der Waals surface area contributed by atoms with Crippen LogP contribution in [-0.4, -0.2) is 22.5 Å². The Hall–Kier alpha value is -1.16. The largest absolute Gasteiger partial charge is 0.440 e. The van der Waals surface area contributed by atoms with Crippen LogP contribution < -0.4 is 5.32 Å². The van der Waals surface area contributed by atoms with Crippen molar-refractivity contribution >= 4 is 28.5 Å². The average Bonchev–Trinajstić information content (AvgIpc) is 2.83. The molecule has 3 nitrogen and oxygen atoms in total. The van der Waals surface area contributed by atoms with E-state index in [1.807, 2.05) is 17.8 Å². The number of thioether (sulfide) groups is 1. The van der Waals surface area contributed by atoms with Crippen molar-refractivity contribution in [1.82, 2.24) is 4.98 Å². The first-order chi connectivity index (χ1) is 9.22. The molecule has 0 bridgehead atoms. The van der Waals surface area contributed by atoms with Crippen LogP contribution in [0.5, 0.6) is 0 Å². The standard InChI is InChI=1S/C15H20N2OS/c1-10(2)15-17-13-8-11(5-6-14(13)18-15)16-12-4-3-7-19-9-12/h5-6,8,10,12,16H,3-4,7,9H2,1-2H3. The highest BCUT2D eigenvalue weighted by molar-refractivity contribution is 7.99. The van der Waals surface area contributed by atoms with Crippen molar-refractivity contribution in [3.8, 4) is 0 Å². The Morgan fingerprint density at radius 2 is 2.32 bits per heavy atom. The molecule has 0 amide bonds. The maximum absolute atomic E-state index is 5.73. The van der Waals surface area contributed by atoms with Crippen molar-refractivity contribution in [2.45, 2.75) is 38.6 Å². The number of fused-ring (bicyclic) bond motifs is 1. The molecular formula is C15H20N2OS. The molecule has 4 heteroatoms. The van der Waals surface area contributed by atoms with Crippen LogP contribution in [0.3, 0.4) is 0 Å². The Morgan fingerprint density at radius 3 is 3.05 bits per heavy atom. The summed E-state index contributed by atoms with van der Waals surface area (Å²) in [4.78, 5) is 4.55. The van der Waals surface area contributed by atoms with E-state index in [9.17, 15) is 0 Å². The molecule has 1 aromatic carbocycles. The van der Waals surface area contributed by atoms with E-state index in [1.165, 1.54) is 24.3 Å². The summed E-state index contributed by atoms with van der Waals surface area (Å²) in [6.07, 6.45) is 2.58. The van der Waals surface area contributed by atoms with E-state index in [4.69, 9.17) is 4.42 Å². The van der Waals surface area contributed by atoms with Crippen LogP contribution in [0.15, 0.2) is 22.6 Å². The summed E-state index contributed by atoms with van der Waals surface area (Å²) in [7, 11) is 0. The number of anilines is 1. The molecule has 0 saturated carbocycles. The first kappa shape index (κ1) is 12.9.